The number of para-hydroxylation sites is 1. The molecule has 0 aliphatic carbocycles. The molecule has 2 aromatic carbocycles. The third kappa shape index (κ3) is 4.50. The van der Waals surface area contributed by atoms with E-state index in [1.807, 2.05) is 42.5 Å². The first-order chi connectivity index (χ1) is 12.2. The first-order valence-electron chi connectivity index (χ1n) is 8.54. The zero-order valence-corrected chi connectivity index (χ0v) is 15.3. The quantitative estimate of drug-likeness (QED) is 0.799. The number of rotatable bonds is 5. The second kappa shape index (κ2) is 8.32. The Kier molecular flexibility index (Phi) is 5.89. The standard InChI is InChI=1S/C20H24N2O2S/c1-23-18-9-7-16(8-10-18)20(11-13-24-14-12-20)15-21-19(25)22-17-5-3-2-4-6-17/h2-10H,11-15H2,1H3,(H2,21,22,25). The number of hydrogen-bond donors (Lipinski definition) is 2. The first-order valence-corrected chi connectivity index (χ1v) is 8.95. The van der Waals surface area contributed by atoms with Gasteiger partial charge in [-0.2, -0.15) is 0 Å². The lowest BCUT2D eigenvalue weighted by Gasteiger charge is -2.38. The maximum absolute atomic E-state index is 5.59. The van der Waals surface area contributed by atoms with Gasteiger partial charge in [-0.05, 0) is 54.9 Å². The number of nitrogens with one attached hydrogen (secondary N) is 2. The van der Waals surface area contributed by atoms with E-state index in [2.05, 4.69) is 22.8 Å². The molecule has 0 bridgehead atoms. The number of ether oxygens (including phenoxy) is 2. The zero-order valence-electron chi connectivity index (χ0n) is 14.5. The predicted molar refractivity (Wildman–Crippen MR) is 105 cm³/mol. The average Bonchev–Trinajstić information content (AvgIpc) is 2.68. The van der Waals surface area contributed by atoms with E-state index in [-0.39, 0.29) is 5.41 Å². The highest BCUT2D eigenvalue weighted by Gasteiger charge is 2.34. The molecule has 3 rings (SSSR count). The second-order valence-corrected chi connectivity index (χ2v) is 6.70. The minimum Gasteiger partial charge on any atom is -0.497 e. The molecule has 0 aromatic heterocycles. The molecule has 132 valence electrons. The van der Waals surface area contributed by atoms with E-state index in [0.29, 0.717) is 5.11 Å². The minimum atomic E-state index is 0.0208. The Morgan fingerprint density at radius 3 is 2.40 bits per heavy atom. The van der Waals surface area contributed by atoms with E-state index >= 15 is 0 Å². The van der Waals surface area contributed by atoms with Crippen LogP contribution >= 0.6 is 12.2 Å². The summed E-state index contributed by atoms with van der Waals surface area (Å²) in [7, 11) is 1.69. The van der Waals surface area contributed by atoms with Crippen molar-refractivity contribution in [2.75, 3.05) is 32.2 Å². The van der Waals surface area contributed by atoms with Crippen LogP contribution in [0.5, 0.6) is 5.75 Å². The molecule has 5 heteroatoms. The summed E-state index contributed by atoms with van der Waals surface area (Å²) in [5.74, 6) is 0.875. The summed E-state index contributed by atoms with van der Waals surface area (Å²) in [5, 5.41) is 7.28. The van der Waals surface area contributed by atoms with Crippen molar-refractivity contribution in [3.05, 3.63) is 60.2 Å². The molecule has 0 unspecified atom stereocenters. The van der Waals surface area contributed by atoms with E-state index in [1.54, 1.807) is 7.11 Å². The molecule has 1 heterocycles. The minimum absolute atomic E-state index is 0.0208. The molecule has 1 fully saturated rings. The Balaban J connectivity index is 1.69. The van der Waals surface area contributed by atoms with Gasteiger partial charge < -0.3 is 20.1 Å². The molecule has 2 aromatic rings. The van der Waals surface area contributed by atoms with Gasteiger partial charge in [-0.25, -0.2) is 0 Å². The summed E-state index contributed by atoms with van der Waals surface area (Å²) in [6, 6.07) is 18.3. The van der Waals surface area contributed by atoms with Crippen LogP contribution in [-0.4, -0.2) is 32.0 Å². The van der Waals surface area contributed by atoms with Gasteiger partial charge >= 0.3 is 0 Å². The average molecular weight is 356 g/mol. The molecule has 1 aliphatic rings. The molecular weight excluding hydrogens is 332 g/mol. The summed E-state index contributed by atoms with van der Waals surface area (Å²) < 4.78 is 10.9. The lowest BCUT2D eigenvalue weighted by Crippen LogP contribution is -2.45. The largest absolute Gasteiger partial charge is 0.497 e. The maximum atomic E-state index is 5.59. The lowest BCUT2D eigenvalue weighted by molar-refractivity contribution is 0.0515. The number of methoxy groups -OCH3 is 1. The summed E-state index contributed by atoms with van der Waals surface area (Å²) in [4.78, 5) is 0. The van der Waals surface area contributed by atoms with E-state index in [9.17, 15) is 0 Å². The second-order valence-electron chi connectivity index (χ2n) is 6.29. The Morgan fingerprint density at radius 1 is 1.08 bits per heavy atom. The highest BCUT2D eigenvalue weighted by molar-refractivity contribution is 7.80. The Bertz CT molecular complexity index is 683. The van der Waals surface area contributed by atoms with E-state index < -0.39 is 0 Å². The third-order valence-corrected chi connectivity index (χ3v) is 5.02. The Morgan fingerprint density at radius 2 is 1.76 bits per heavy atom. The molecule has 4 nitrogen and oxygen atoms in total. The van der Waals surface area contributed by atoms with Crippen LogP contribution in [0.25, 0.3) is 0 Å². The molecule has 2 N–H and O–H groups in total. The van der Waals surface area contributed by atoms with Crippen LogP contribution < -0.4 is 15.4 Å². The van der Waals surface area contributed by atoms with Crippen molar-refractivity contribution in [3.8, 4) is 5.75 Å². The van der Waals surface area contributed by atoms with Crippen LogP contribution in [0, 0.1) is 0 Å². The van der Waals surface area contributed by atoms with E-state index in [4.69, 9.17) is 21.7 Å². The van der Waals surface area contributed by atoms with Crippen molar-refractivity contribution in [1.82, 2.24) is 5.32 Å². The van der Waals surface area contributed by atoms with Crippen molar-refractivity contribution in [2.24, 2.45) is 0 Å². The van der Waals surface area contributed by atoms with Crippen molar-refractivity contribution in [3.63, 3.8) is 0 Å². The monoisotopic (exact) mass is 356 g/mol. The van der Waals surface area contributed by atoms with Crippen LogP contribution in [0.4, 0.5) is 5.69 Å². The fourth-order valence-electron chi connectivity index (χ4n) is 3.22. The van der Waals surface area contributed by atoms with Crippen LogP contribution in [0.15, 0.2) is 54.6 Å². The molecule has 1 aliphatic heterocycles. The van der Waals surface area contributed by atoms with Crippen LogP contribution in [0.2, 0.25) is 0 Å². The van der Waals surface area contributed by atoms with Gasteiger partial charge in [-0.15, -0.1) is 0 Å². The smallest absolute Gasteiger partial charge is 0.170 e. The number of anilines is 1. The molecule has 1 saturated heterocycles. The number of hydrogen-bond acceptors (Lipinski definition) is 3. The number of benzene rings is 2. The van der Waals surface area contributed by atoms with Crippen molar-refractivity contribution >= 4 is 23.0 Å². The highest BCUT2D eigenvalue weighted by Crippen LogP contribution is 2.35. The zero-order chi connectivity index (χ0) is 17.5. The van der Waals surface area contributed by atoms with Gasteiger partial charge in [-0.3, -0.25) is 0 Å². The maximum Gasteiger partial charge on any atom is 0.170 e. The van der Waals surface area contributed by atoms with Gasteiger partial charge in [0.1, 0.15) is 5.75 Å². The summed E-state index contributed by atoms with van der Waals surface area (Å²) in [6.45, 7) is 2.32. The van der Waals surface area contributed by atoms with Gasteiger partial charge in [0.25, 0.3) is 0 Å². The van der Waals surface area contributed by atoms with Gasteiger partial charge in [-0.1, -0.05) is 30.3 Å². The molecule has 25 heavy (non-hydrogen) atoms. The fraction of sp³-hybridized carbons (Fsp3) is 0.350. The first kappa shape index (κ1) is 17.7. The normalized spacial score (nSPS) is 16.0. The van der Waals surface area contributed by atoms with Gasteiger partial charge in [0.15, 0.2) is 5.11 Å². The van der Waals surface area contributed by atoms with Crippen molar-refractivity contribution < 1.29 is 9.47 Å². The topological polar surface area (TPSA) is 42.5 Å². The van der Waals surface area contributed by atoms with Crippen LogP contribution in [0.1, 0.15) is 18.4 Å². The van der Waals surface area contributed by atoms with Crippen LogP contribution in [-0.2, 0) is 10.2 Å². The third-order valence-electron chi connectivity index (χ3n) is 4.77. The Labute approximate surface area is 154 Å². The van der Waals surface area contributed by atoms with Crippen LogP contribution in [0.3, 0.4) is 0 Å². The summed E-state index contributed by atoms with van der Waals surface area (Å²) >= 11 is 5.47. The lowest BCUT2D eigenvalue weighted by atomic mass is 9.74. The predicted octanol–water partition coefficient (Wildman–Crippen LogP) is 3.73. The highest BCUT2D eigenvalue weighted by atomic mass is 32.1. The molecular formula is C20H24N2O2S. The number of thiocarbonyl (C=S) groups is 1. The van der Waals surface area contributed by atoms with Gasteiger partial charge in [0.05, 0.1) is 7.11 Å². The van der Waals surface area contributed by atoms with Gasteiger partial charge in [0, 0.05) is 30.9 Å². The van der Waals surface area contributed by atoms with E-state index in [1.165, 1.54) is 5.56 Å². The Hall–Kier alpha value is -2.11. The van der Waals surface area contributed by atoms with Crippen molar-refractivity contribution in [1.29, 1.82) is 0 Å². The molecule has 0 spiro atoms. The SMILES string of the molecule is COc1ccc(C2(CNC(=S)Nc3ccccc3)CCOCC2)cc1. The molecule has 0 amide bonds. The molecule has 0 saturated carbocycles. The van der Waals surface area contributed by atoms with E-state index in [0.717, 1.165) is 44.0 Å². The molecule has 0 atom stereocenters. The van der Waals surface area contributed by atoms with Gasteiger partial charge in [0.2, 0.25) is 0 Å². The summed E-state index contributed by atoms with van der Waals surface area (Å²) in [5.41, 5.74) is 2.31. The molecule has 0 radical (unpaired) electrons. The summed E-state index contributed by atoms with van der Waals surface area (Å²) in [6.07, 6.45) is 1.94. The van der Waals surface area contributed by atoms with Crippen molar-refractivity contribution in [2.45, 2.75) is 18.3 Å². The fourth-order valence-corrected chi connectivity index (χ4v) is 3.41.